The van der Waals surface area contributed by atoms with Gasteiger partial charge in [-0.3, -0.25) is 19.7 Å². The number of nitrogens with zero attached hydrogens (tertiary/aromatic N) is 3. The highest BCUT2D eigenvalue weighted by molar-refractivity contribution is 7.14. The molecule has 0 fully saturated rings. The number of benzene rings is 2. The minimum atomic E-state index is -0.400. The Hall–Kier alpha value is -3.36. The highest BCUT2D eigenvalue weighted by atomic mass is 32.1. The Morgan fingerprint density at radius 2 is 1.70 bits per heavy atom. The molecule has 8 heteroatoms. The summed E-state index contributed by atoms with van der Waals surface area (Å²) in [5, 5.41) is 5.18. The lowest BCUT2D eigenvalue weighted by Crippen LogP contribution is -2.31. The summed E-state index contributed by atoms with van der Waals surface area (Å²) in [6.07, 6.45) is 1.40. The number of hydrogen-bond donors (Lipinski definition) is 1. The third-order valence-electron chi connectivity index (χ3n) is 5.59. The molecule has 0 radical (unpaired) electrons. The SMILES string of the molecule is CCc1cccc(CC)c1N1C(=O)c2ccc(C(=O)Nc3nc(CN(C)C)cs3)cc2C1=O. The third-order valence-corrected chi connectivity index (χ3v) is 6.39. The van der Waals surface area contributed by atoms with Crippen molar-refractivity contribution < 1.29 is 14.4 Å². The zero-order valence-electron chi connectivity index (χ0n) is 19.1. The van der Waals surface area contributed by atoms with Crippen LogP contribution in [-0.4, -0.2) is 41.7 Å². The summed E-state index contributed by atoms with van der Waals surface area (Å²) < 4.78 is 0. The maximum Gasteiger partial charge on any atom is 0.266 e. The number of aromatic nitrogens is 1. The van der Waals surface area contributed by atoms with Crippen LogP contribution in [0.5, 0.6) is 0 Å². The lowest BCUT2D eigenvalue weighted by Gasteiger charge is -2.21. The number of amides is 3. The van der Waals surface area contributed by atoms with Crippen LogP contribution < -0.4 is 10.2 Å². The van der Waals surface area contributed by atoms with Crippen molar-refractivity contribution in [2.24, 2.45) is 0 Å². The Kier molecular flexibility index (Phi) is 6.40. The molecular formula is C25H26N4O3S. The van der Waals surface area contributed by atoms with Crippen molar-refractivity contribution in [1.82, 2.24) is 9.88 Å². The van der Waals surface area contributed by atoms with Crippen molar-refractivity contribution >= 4 is 39.9 Å². The Bertz CT molecular complexity index is 1230. The molecule has 0 saturated carbocycles. The number of imide groups is 1. The van der Waals surface area contributed by atoms with Crippen LogP contribution in [0.2, 0.25) is 0 Å². The van der Waals surface area contributed by atoms with Crippen LogP contribution in [-0.2, 0) is 19.4 Å². The number of hydrogen-bond acceptors (Lipinski definition) is 6. The number of aryl methyl sites for hydroxylation is 2. The molecule has 3 aromatic rings. The average molecular weight is 463 g/mol. The average Bonchev–Trinajstić information content (AvgIpc) is 3.33. The minimum Gasteiger partial charge on any atom is -0.304 e. The first-order valence-electron chi connectivity index (χ1n) is 10.9. The Morgan fingerprint density at radius 1 is 1.03 bits per heavy atom. The number of para-hydroxylation sites is 1. The highest BCUT2D eigenvalue weighted by Gasteiger charge is 2.38. The van der Waals surface area contributed by atoms with Gasteiger partial charge in [-0.05, 0) is 56.3 Å². The maximum atomic E-state index is 13.3. The second kappa shape index (κ2) is 9.25. The Balaban J connectivity index is 1.62. The van der Waals surface area contributed by atoms with Gasteiger partial charge in [0.15, 0.2) is 5.13 Å². The number of fused-ring (bicyclic) bond motifs is 1. The summed E-state index contributed by atoms with van der Waals surface area (Å²) in [5.41, 5.74) is 4.28. The molecule has 170 valence electrons. The van der Waals surface area contributed by atoms with E-state index in [2.05, 4.69) is 10.3 Å². The third kappa shape index (κ3) is 4.31. The number of carbonyl (C=O) groups is 3. The second-order valence-corrected chi connectivity index (χ2v) is 9.03. The zero-order valence-corrected chi connectivity index (χ0v) is 20.0. The summed E-state index contributed by atoms with van der Waals surface area (Å²) in [6, 6.07) is 10.5. The summed E-state index contributed by atoms with van der Waals surface area (Å²) in [5.74, 6) is -1.13. The lowest BCUT2D eigenvalue weighted by atomic mass is 10.0. The van der Waals surface area contributed by atoms with Crippen LogP contribution in [0.25, 0.3) is 0 Å². The van der Waals surface area contributed by atoms with Crippen LogP contribution in [0.4, 0.5) is 10.8 Å². The van der Waals surface area contributed by atoms with Gasteiger partial charge in [-0.1, -0.05) is 32.0 Å². The smallest absolute Gasteiger partial charge is 0.266 e. The van der Waals surface area contributed by atoms with E-state index >= 15 is 0 Å². The first-order chi connectivity index (χ1) is 15.8. The van der Waals surface area contributed by atoms with Crippen LogP contribution in [0.3, 0.4) is 0 Å². The van der Waals surface area contributed by atoms with Crippen molar-refractivity contribution in [3.8, 4) is 0 Å². The van der Waals surface area contributed by atoms with E-state index in [4.69, 9.17) is 0 Å². The van der Waals surface area contributed by atoms with Gasteiger partial charge in [0.05, 0.1) is 22.5 Å². The molecule has 0 unspecified atom stereocenters. The lowest BCUT2D eigenvalue weighted by molar-refractivity contribution is 0.0925. The number of anilines is 2. The van der Waals surface area contributed by atoms with E-state index in [1.807, 2.05) is 56.4 Å². The molecule has 1 N–H and O–H groups in total. The van der Waals surface area contributed by atoms with Crippen molar-refractivity contribution in [3.05, 3.63) is 75.3 Å². The molecule has 33 heavy (non-hydrogen) atoms. The molecule has 2 heterocycles. The Morgan fingerprint density at radius 3 is 2.33 bits per heavy atom. The van der Waals surface area contributed by atoms with Crippen molar-refractivity contribution in [3.63, 3.8) is 0 Å². The van der Waals surface area contributed by atoms with Crippen molar-refractivity contribution in [2.75, 3.05) is 24.3 Å². The maximum absolute atomic E-state index is 13.3. The van der Waals surface area contributed by atoms with Gasteiger partial charge in [0.25, 0.3) is 17.7 Å². The van der Waals surface area contributed by atoms with Crippen LogP contribution in [0.15, 0.2) is 41.8 Å². The van der Waals surface area contributed by atoms with E-state index in [9.17, 15) is 14.4 Å². The topological polar surface area (TPSA) is 82.6 Å². The molecule has 2 aromatic carbocycles. The molecule has 1 aliphatic rings. The van der Waals surface area contributed by atoms with Gasteiger partial charge in [0.1, 0.15) is 0 Å². The largest absolute Gasteiger partial charge is 0.304 e. The van der Waals surface area contributed by atoms with Gasteiger partial charge >= 0.3 is 0 Å². The minimum absolute atomic E-state index is 0.244. The second-order valence-electron chi connectivity index (χ2n) is 8.17. The fourth-order valence-corrected chi connectivity index (χ4v) is 4.71. The van der Waals surface area contributed by atoms with Gasteiger partial charge < -0.3 is 4.90 Å². The molecule has 0 atom stereocenters. The first-order valence-corrected chi connectivity index (χ1v) is 11.8. The van der Waals surface area contributed by atoms with E-state index in [0.717, 1.165) is 16.8 Å². The van der Waals surface area contributed by atoms with Gasteiger partial charge in [-0.15, -0.1) is 11.3 Å². The standard InChI is InChI=1S/C25H26N4O3S/c1-5-15-8-7-9-16(6-2)21(15)29-23(31)19-11-10-17(12-20(19)24(29)32)22(30)27-25-26-18(14-33-25)13-28(3)4/h7-12,14H,5-6,13H2,1-4H3,(H,26,27,30). The quantitative estimate of drug-likeness (QED) is 0.527. The van der Waals surface area contributed by atoms with Gasteiger partial charge in [0.2, 0.25) is 0 Å². The number of thiazole rings is 1. The van der Waals surface area contributed by atoms with E-state index < -0.39 is 5.91 Å². The summed E-state index contributed by atoms with van der Waals surface area (Å²) in [4.78, 5) is 47.0. The molecule has 7 nitrogen and oxygen atoms in total. The van der Waals surface area contributed by atoms with Crippen molar-refractivity contribution in [1.29, 1.82) is 0 Å². The molecule has 0 saturated heterocycles. The fraction of sp³-hybridized carbons (Fsp3) is 0.280. The van der Waals surface area contributed by atoms with Crippen LogP contribution >= 0.6 is 11.3 Å². The normalized spacial score (nSPS) is 13.1. The van der Waals surface area contributed by atoms with E-state index in [0.29, 0.717) is 41.3 Å². The summed E-state index contributed by atoms with van der Waals surface area (Å²) in [6.45, 7) is 4.68. The number of nitrogens with one attached hydrogen (secondary N) is 1. The highest BCUT2D eigenvalue weighted by Crippen LogP contribution is 2.34. The molecule has 0 spiro atoms. The summed E-state index contributed by atoms with van der Waals surface area (Å²) >= 11 is 1.35. The summed E-state index contributed by atoms with van der Waals surface area (Å²) in [7, 11) is 3.90. The van der Waals surface area contributed by atoms with E-state index in [1.54, 1.807) is 12.1 Å². The molecular weight excluding hydrogens is 436 g/mol. The van der Waals surface area contributed by atoms with Crippen LogP contribution in [0.1, 0.15) is 61.7 Å². The number of carbonyl (C=O) groups excluding carboxylic acids is 3. The van der Waals surface area contributed by atoms with Crippen molar-refractivity contribution in [2.45, 2.75) is 33.2 Å². The molecule has 1 aliphatic heterocycles. The number of rotatable bonds is 7. The van der Waals surface area contributed by atoms with E-state index in [-0.39, 0.29) is 17.4 Å². The predicted molar refractivity (Wildman–Crippen MR) is 130 cm³/mol. The molecule has 4 rings (SSSR count). The van der Waals surface area contributed by atoms with Gasteiger partial charge in [0, 0.05) is 17.5 Å². The van der Waals surface area contributed by atoms with Crippen LogP contribution in [0, 0.1) is 0 Å². The monoisotopic (exact) mass is 462 g/mol. The van der Waals surface area contributed by atoms with E-state index in [1.165, 1.54) is 22.3 Å². The fourth-order valence-electron chi connectivity index (χ4n) is 4.02. The first kappa shape index (κ1) is 22.8. The molecule has 0 bridgehead atoms. The van der Waals surface area contributed by atoms with Gasteiger partial charge in [-0.2, -0.15) is 0 Å². The molecule has 0 aliphatic carbocycles. The zero-order chi connectivity index (χ0) is 23.7. The molecule has 1 aromatic heterocycles. The predicted octanol–water partition coefficient (Wildman–Crippen LogP) is 4.38. The Labute approximate surface area is 197 Å². The molecule has 3 amide bonds. The van der Waals surface area contributed by atoms with Gasteiger partial charge in [-0.25, -0.2) is 9.88 Å².